The number of sulfonamides is 1. The zero-order valence-corrected chi connectivity index (χ0v) is 13.0. The van der Waals surface area contributed by atoms with Crippen molar-refractivity contribution in [1.29, 1.82) is 0 Å². The van der Waals surface area contributed by atoms with Crippen molar-refractivity contribution in [2.24, 2.45) is 5.92 Å². The summed E-state index contributed by atoms with van der Waals surface area (Å²) in [6.45, 7) is 5.77. The first-order valence-electron chi connectivity index (χ1n) is 7.17. The molecule has 5 heteroatoms. The molecule has 0 radical (unpaired) electrons. The molecule has 0 aromatic rings. The molecule has 1 atom stereocenters. The normalized spacial score (nSPS) is 13.7. The highest BCUT2D eigenvalue weighted by Gasteiger charge is 2.12. The van der Waals surface area contributed by atoms with Gasteiger partial charge in [-0.3, -0.25) is 0 Å². The van der Waals surface area contributed by atoms with Gasteiger partial charge in [0.25, 0.3) is 0 Å². The molecule has 0 rings (SSSR count). The standard InChI is InChI=1S/C13H30N2O2S/c1-4-6-9-13(5-2)12-15-18(16,17)11-8-7-10-14-3/h13-15H,4-12H2,1-3H3. The zero-order valence-electron chi connectivity index (χ0n) is 12.2. The van der Waals surface area contributed by atoms with Crippen molar-refractivity contribution < 1.29 is 8.42 Å². The molecule has 0 amide bonds. The summed E-state index contributed by atoms with van der Waals surface area (Å²) in [5.74, 6) is 0.732. The number of unbranched alkanes of at least 4 members (excludes halogenated alkanes) is 2. The fourth-order valence-corrected chi connectivity index (χ4v) is 3.07. The van der Waals surface area contributed by atoms with Crippen molar-refractivity contribution in [1.82, 2.24) is 10.0 Å². The third kappa shape index (κ3) is 9.85. The van der Waals surface area contributed by atoms with Crippen molar-refractivity contribution in [2.75, 3.05) is 25.9 Å². The van der Waals surface area contributed by atoms with Crippen LogP contribution in [-0.4, -0.2) is 34.3 Å². The lowest BCUT2D eigenvalue weighted by Crippen LogP contribution is -2.31. The molecule has 0 aromatic heterocycles. The van der Waals surface area contributed by atoms with Gasteiger partial charge in [0.1, 0.15) is 0 Å². The molecule has 110 valence electrons. The van der Waals surface area contributed by atoms with Gasteiger partial charge in [0.05, 0.1) is 5.75 Å². The van der Waals surface area contributed by atoms with E-state index in [4.69, 9.17) is 0 Å². The van der Waals surface area contributed by atoms with Gasteiger partial charge in [-0.15, -0.1) is 0 Å². The van der Waals surface area contributed by atoms with E-state index in [1.807, 2.05) is 7.05 Å². The molecule has 18 heavy (non-hydrogen) atoms. The SMILES string of the molecule is CCCCC(CC)CNS(=O)(=O)CCCCNC. The van der Waals surface area contributed by atoms with E-state index < -0.39 is 10.0 Å². The predicted molar refractivity (Wildman–Crippen MR) is 78.3 cm³/mol. The predicted octanol–water partition coefficient (Wildman–Crippen LogP) is 2.12. The lowest BCUT2D eigenvalue weighted by Gasteiger charge is -2.15. The van der Waals surface area contributed by atoms with Crippen LogP contribution in [0.4, 0.5) is 0 Å². The maximum atomic E-state index is 11.8. The summed E-state index contributed by atoms with van der Waals surface area (Å²) in [7, 11) is -1.19. The van der Waals surface area contributed by atoms with Crippen molar-refractivity contribution in [3.63, 3.8) is 0 Å². The Balaban J connectivity index is 3.85. The molecule has 0 aliphatic rings. The summed E-state index contributed by atoms with van der Waals surface area (Å²) in [6.07, 6.45) is 6.15. The zero-order chi connectivity index (χ0) is 13.9. The maximum absolute atomic E-state index is 11.8. The van der Waals surface area contributed by atoms with Gasteiger partial charge in [0.2, 0.25) is 10.0 Å². The lowest BCUT2D eigenvalue weighted by molar-refractivity contribution is 0.443. The average molecular weight is 278 g/mol. The molecule has 0 saturated carbocycles. The Bertz CT molecular complexity index is 279. The van der Waals surface area contributed by atoms with Crippen LogP contribution < -0.4 is 10.0 Å². The fraction of sp³-hybridized carbons (Fsp3) is 1.00. The monoisotopic (exact) mass is 278 g/mol. The van der Waals surface area contributed by atoms with Crippen LogP contribution in [0, 0.1) is 5.92 Å². The van der Waals surface area contributed by atoms with E-state index in [9.17, 15) is 8.42 Å². The Morgan fingerprint density at radius 1 is 1.11 bits per heavy atom. The second-order valence-electron chi connectivity index (χ2n) is 4.89. The summed E-state index contributed by atoms with van der Waals surface area (Å²) < 4.78 is 26.3. The Morgan fingerprint density at radius 3 is 2.39 bits per heavy atom. The lowest BCUT2D eigenvalue weighted by atomic mass is 10.00. The summed E-state index contributed by atoms with van der Waals surface area (Å²) in [5.41, 5.74) is 0. The number of nitrogens with one attached hydrogen (secondary N) is 2. The molecule has 1 unspecified atom stereocenters. The van der Waals surface area contributed by atoms with Crippen LogP contribution in [0.25, 0.3) is 0 Å². The van der Waals surface area contributed by atoms with Crippen molar-refractivity contribution in [3.8, 4) is 0 Å². The van der Waals surface area contributed by atoms with E-state index in [-0.39, 0.29) is 5.75 Å². The Morgan fingerprint density at radius 2 is 1.83 bits per heavy atom. The summed E-state index contributed by atoms with van der Waals surface area (Å²) in [6, 6.07) is 0. The molecule has 0 aliphatic carbocycles. The first-order valence-corrected chi connectivity index (χ1v) is 8.82. The molecule has 2 N–H and O–H groups in total. The van der Waals surface area contributed by atoms with Crippen LogP contribution in [0.3, 0.4) is 0 Å². The third-order valence-corrected chi connectivity index (χ3v) is 4.66. The highest BCUT2D eigenvalue weighted by molar-refractivity contribution is 7.89. The minimum atomic E-state index is -3.07. The van der Waals surface area contributed by atoms with Crippen LogP contribution in [0.1, 0.15) is 52.4 Å². The molecule has 0 bridgehead atoms. The maximum Gasteiger partial charge on any atom is 0.211 e. The first kappa shape index (κ1) is 17.9. The van der Waals surface area contributed by atoms with Gasteiger partial charge in [0, 0.05) is 6.54 Å². The second-order valence-corrected chi connectivity index (χ2v) is 6.82. The summed E-state index contributed by atoms with van der Waals surface area (Å²) >= 11 is 0. The van der Waals surface area contributed by atoms with Gasteiger partial charge in [-0.25, -0.2) is 13.1 Å². The molecular formula is C13H30N2O2S. The van der Waals surface area contributed by atoms with E-state index in [0.717, 1.165) is 32.2 Å². The number of rotatable bonds is 12. The smallest absolute Gasteiger partial charge is 0.211 e. The molecule has 0 saturated heterocycles. The first-order chi connectivity index (χ1) is 8.55. The summed E-state index contributed by atoms with van der Waals surface area (Å²) in [5, 5.41) is 3.02. The average Bonchev–Trinajstić information content (AvgIpc) is 2.35. The van der Waals surface area contributed by atoms with E-state index >= 15 is 0 Å². The fourth-order valence-electron chi connectivity index (χ4n) is 1.85. The van der Waals surface area contributed by atoms with E-state index in [1.165, 1.54) is 12.8 Å². The molecule has 0 aromatic carbocycles. The molecular weight excluding hydrogens is 248 g/mol. The molecule has 0 aliphatic heterocycles. The van der Waals surface area contributed by atoms with Gasteiger partial charge < -0.3 is 5.32 Å². The topological polar surface area (TPSA) is 58.2 Å². The molecule has 0 heterocycles. The van der Waals surface area contributed by atoms with E-state index in [1.54, 1.807) is 0 Å². The minimum absolute atomic E-state index is 0.249. The van der Waals surface area contributed by atoms with Crippen molar-refractivity contribution >= 4 is 10.0 Å². The Labute approximate surface area is 113 Å². The third-order valence-electron chi connectivity index (χ3n) is 3.23. The molecule has 0 spiro atoms. The van der Waals surface area contributed by atoms with Gasteiger partial charge in [-0.05, 0) is 38.8 Å². The number of hydrogen-bond acceptors (Lipinski definition) is 3. The molecule has 4 nitrogen and oxygen atoms in total. The van der Waals surface area contributed by atoms with Crippen LogP contribution in [-0.2, 0) is 10.0 Å². The second kappa shape index (κ2) is 10.8. The van der Waals surface area contributed by atoms with Crippen LogP contribution in [0.2, 0.25) is 0 Å². The van der Waals surface area contributed by atoms with Crippen LogP contribution >= 0.6 is 0 Å². The number of hydrogen-bond donors (Lipinski definition) is 2. The Hall–Kier alpha value is -0.130. The van der Waals surface area contributed by atoms with Gasteiger partial charge in [0.15, 0.2) is 0 Å². The Kier molecular flexibility index (Phi) is 10.7. The largest absolute Gasteiger partial charge is 0.320 e. The minimum Gasteiger partial charge on any atom is -0.320 e. The van der Waals surface area contributed by atoms with Gasteiger partial charge in [-0.1, -0.05) is 33.1 Å². The van der Waals surface area contributed by atoms with Gasteiger partial charge in [-0.2, -0.15) is 0 Å². The van der Waals surface area contributed by atoms with E-state index in [2.05, 4.69) is 23.9 Å². The summed E-state index contributed by atoms with van der Waals surface area (Å²) in [4.78, 5) is 0. The molecule has 0 fully saturated rings. The highest BCUT2D eigenvalue weighted by atomic mass is 32.2. The quantitative estimate of drug-likeness (QED) is 0.538. The van der Waals surface area contributed by atoms with E-state index in [0.29, 0.717) is 12.5 Å². The van der Waals surface area contributed by atoms with Crippen LogP contribution in [0.5, 0.6) is 0 Å². The van der Waals surface area contributed by atoms with Crippen molar-refractivity contribution in [2.45, 2.75) is 52.4 Å². The van der Waals surface area contributed by atoms with Crippen molar-refractivity contribution in [3.05, 3.63) is 0 Å². The van der Waals surface area contributed by atoms with Crippen LogP contribution in [0.15, 0.2) is 0 Å². The highest BCUT2D eigenvalue weighted by Crippen LogP contribution is 2.11. The van der Waals surface area contributed by atoms with Gasteiger partial charge >= 0.3 is 0 Å².